The van der Waals surface area contributed by atoms with E-state index in [4.69, 9.17) is 13.6 Å². The predicted molar refractivity (Wildman–Crippen MR) is 126 cm³/mol. The van der Waals surface area contributed by atoms with Gasteiger partial charge in [0.25, 0.3) is 5.56 Å². The van der Waals surface area contributed by atoms with Gasteiger partial charge in [-0.2, -0.15) is 0 Å². The fourth-order valence-corrected chi connectivity index (χ4v) is 4.32. The molecule has 1 amide bonds. The molecule has 4 aromatic rings. The molecule has 176 valence electrons. The van der Waals surface area contributed by atoms with Crippen molar-refractivity contribution >= 4 is 34.5 Å². The average molecular weight is 482 g/mol. The van der Waals surface area contributed by atoms with Gasteiger partial charge < -0.3 is 18.5 Å². The number of fused-ring (bicyclic) bond motifs is 1. The third kappa shape index (κ3) is 5.07. The van der Waals surface area contributed by atoms with E-state index < -0.39 is 5.97 Å². The zero-order chi connectivity index (χ0) is 24.2. The highest BCUT2D eigenvalue weighted by Gasteiger charge is 2.18. The zero-order valence-corrected chi connectivity index (χ0v) is 19.8. The number of rotatable bonds is 8. The van der Waals surface area contributed by atoms with E-state index in [0.717, 1.165) is 17.5 Å². The van der Waals surface area contributed by atoms with Crippen molar-refractivity contribution in [2.24, 2.45) is 0 Å². The van der Waals surface area contributed by atoms with Gasteiger partial charge in [0.2, 0.25) is 5.91 Å². The molecule has 0 atom stereocenters. The smallest absolute Gasteiger partial charge is 0.337 e. The number of hydrogen-bond acceptors (Lipinski definition) is 8. The number of ether oxygens (including phenoxy) is 1. The highest BCUT2D eigenvalue weighted by Crippen LogP contribution is 2.21. The molecule has 0 saturated heterocycles. The minimum Gasteiger partial charge on any atom is -0.467 e. The van der Waals surface area contributed by atoms with E-state index >= 15 is 0 Å². The lowest BCUT2D eigenvalue weighted by Crippen LogP contribution is -2.29. The molecule has 34 heavy (non-hydrogen) atoms. The van der Waals surface area contributed by atoms with Crippen molar-refractivity contribution in [2.75, 3.05) is 19.9 Å². The Bertz CT molecular complexity index is 1390. The summed E-state index contributed by atoms with van der Waals surface area (Å²) in [5, 5.41) is 0.687. The summed E-state index contributed by atoms with van der Waals surface area (Å²) in [5.41, 5.74) is 0.330. The summed E-state index contributed by atoms with van der Waals surface area (Å²) in [7, 11) is 2.97. The van der Waals surface area contributed by atoms with Crippen molar-refractivity contribution in [1.29, 1.82) is 0 Å². The molecule has 0 N–H and O–H groups in total. The number of thioether (sulfide) groups is 1. The standard InChI is InChI=1S/C24H23N3O6S/c1-15-6-8-18(33-15)12-26(2)21(28)14-34-24-25-20-11-16(23(30)31-3)7-9-19(20)22(29)27(24)13-17-5-4-10-32-17/h4-11H,12-14H2,1-3H3. The molecule has 0 unspecified atom stereocenters. The van der Waals surface area contributed by atoms with Crippen LogP contribution in [0.5, 0.6) is 0 Å². The minimum absolute atomic E-state index is 0.0585. The molecule has 3 heterocycles. The van der Waals surface area contributed by atoms with Crippen LogP contribution in [0.3, 0.4) is 0 Å². The number of aryl methyl sites for hydroxylation is 1. The van der Waals surface area contributed by atoms with Crippen LogP contribution in [-0.4, -0.2) is 46.2 Å². The molecule has 0 aliphatic carbocycles. The van der Waals surface area contributed by atoms with E-state index in [-0.39, 0.29) is 29.3 Å². The Morgan fingerprint density at radius 3 is 2.68 bits per heavy atom. The van der Waals surface area contributed by atoms with Gasteiger partial charge in [0.15, 0.2) is 5.16 Å². The topological polar surface area (TPSA) is 108 Å². The van der Waals surface area contributed by atoms with Crippen LogP contribution in [0.2, 0.25) is 0 Å². The van der Waals surface area contributed by atoms with Crippen molar-refractivity contribution in [2.45, 2.75) is 25.2 Å². The maximum absolute atomic E-state index is 13.3. The van der Waals surface area contributed by atoms with Crippen LogP contribution in [0, 0.1) is 6.92 Å². The second-order valence-electron chi connectivity index (χ2n) is 7.64. The number of amides is 1. The number of furan rings is 2. The summed E-state index contributed by atoms with van der Waals surface area (Å²) in [6, 6.07) is 11.8. The van der Waals surface area contributed by atoms with Gasteiger partial charge in [0.05, 0.1) is 48.7 Å². The van der Waals surface area contributed by atoms with E-state index in [0.29, 0.717) is 34.1 Å². The fraction of sp³-hybridized carbons (Fsp3) is 0.250. The Balaban J connectivity index is 1.63. The summed E-state index contributed by atoms with van der Waals surface area (Å²) >= 11 is 1.14. The highest BCUT2D eigenvalue weighted by atomic mass is 32.2. The second-order valence-corrected chi connectivity index (χ2v) is 8.58. The molecule has 0 saturated carbocycles. The molecule has 4 rings (SSSR count). The van der Waals surface area contributed by atoms with Crippen LogP contribution in [0.25, 0.3) is 10.9 Å². The van der Waals surface area contributed by atoms with Crippen LogP contribution in [0.15, 0.2) is 67.5 Å². The van der Waals surface area contributed by atoms with Crippen molar-refractivity contribution in [3.63, 3.8) is 0 Å². The summed E-state index contributed by atoms with van der Waals surface area (Å²) in [4.78, 5) is 44.1. The molecule has 3 aromatic heterocycles. The van der Waals surface area contributed by atoms with E-state index in [1.807, 2.05) is 19.1 Å². The van der Waals surface area contributed by atoms with Crippen LogP contribution in [0.4, 0.5) is 0 Å². The molecule has 0 aliphatic rings. The van der Waals surface area contributed by atoms with Crippen LogP contribution < -0.4 is 5.56 Å². The largest absolute Gasteiger partial charge is 0.467 e. The zero-order valence-electron chi connectivity index (χ0n) is 18.9. The Morgan fingerprint density at radius 1 is 1.18 bits per heavy atom. The van der Waals surface area contributed by atoms with E-state index in [1.54, 1.807) is 30.1 Å². The highest BCUT2D eigenvalue weighted by molar-refractivity contribution is 7.99. The van der Waals surface area contributed by atoms with Gasteiger partial charge >= 0.3 is 5.97 Å². The van der Waals surface area contributed by atoms with Crippen molar-refractivity contribution in [3.05, 3.63) is 81.9 Å². The lowest BCUT2D eigenvalue weighted by molar-refractivity contribution is -0.127. The molecule has 0 radical (unpaired) electrons. The first-order valence-electron chi connectivity index (χ1n) is 10.4. The Kier molecular flexibility index (Phi) is 6.87. The Hall–Kier alpha value is -3.79. The third-order valence-corrected chi connectivity index (χ3v) is 6.14. The summed E-state index contributed by atoms with van der Waals surface area (Å²) in [5.74, 6) is 1.42. The van der Waals surface area contributed by atoms with E-state index in [1.165, 1.54) is 30.1 Å². The number of hydrogen-bond donors (Lipinski definition) is 0. The van der Waals surface area contributed by atoms with Crippen molar-refractivity contribution in [1.82, 2.24) is 14.5 Å². The Labute approximate surface area is 199 Å². The number of nitrogens with zero attached hydrogens (tertiary/aromatic N) is 3. The van der Waals surface area contributed by atoms with Gasteiger partial charge in [-0.1, -0.05) is 11.8 Å². The van der Waals surface area contributed by atoms with Crippen molar-refractivity contribution in [3.8, 4) is 0 Å². The monoisotopic (exact) mass is 481 g/mol. The van der Waals surface area contributed by atoms with Crippen LogP contribution >= 0.6 is 11.8 Å². The number of carbonyl (C=O) groups is 2. The summed E-state index contributed by atoms with van der Waals surface area (Å²) in [6.07, 6.45) is 1.53. The van der Waals surface area contributed by atoms with Crippen LogP contribution in [0.1, 0.15) is 27.6 Å². The SMILES string of the molecule is COC(=O)c1ccc2c(=O)n(Cc3ccco3)c(SCC(=O)N(C)Cc3ccc(C)o3)nc2c1. The predicted octanol–water partition coefficient (Wildman–Crippen LogP) is 3.48. The molecular weight excluding hydrogens is 458 g/mol. The van der Waals surface area contributed by atoms with Gasteiger partial charge in [-0.05, 0) is 49.4 Å². The quantitative estimate of drug-likeness (QED) is 0.214. The molecule has 0 fully saturated rings. The van der Waals surface area contributed by atoms with Gasteiger partial charge in [0, 0.05) is 7.05 Å². The Morgan fingerprint density at radius 2 is 2.00 bits per heavy atom. The molecule has 9 nitrogen and oxygen atoms in total. The third-order valence-electron chi connectivity index (χ3n) is 5.17. The van der Waals surface area contributed by atoms with Gasteiger partial charge in [-0.15, -0.1) is 0 Å². The molecule has 1 aromatic carbocycles. The van der Waals surface area contributed by atoms with E-state index in [2.05, 4.69) is 4.98 Å². The molecule has 0 aliphatic heterocycles. The molecular formula is C24H23N3O6S. The van der Waals surface area contributed by atoms with Crippen molar-refractivity contribution < 1.29 is 23.2 Å². The first-order valence-corrected chi connectivity index (χ1v) is 11.4. The fourth-order valence-electron chi connectivity index (χ4n) is 3.38. The van der Waals surface area contributed by atoms with Gasteiger partial charge in [-0.3, -0.25) is 14.2 Å². The van der Waals surface area contributed by atoms with E-state index in [9.17, 15) is 14.4 Å². The number of benzene rings is 1. The number of carbonyl (C=O) groups excluding carboxylic acids is 2. The molecule has 10 heteroatoms. The lowest BCUT2D eigenvalue weighted by Gasteiger charge is -2.17. The lowest BCUT2D eigenvalue weighted by atomic mass is 10.1. The normalized spacial score (nSPS) is 11.0. The number of esters is 1. The summed E-state index contributed by atoms with van der Waals surface area (Å²) in [6.45, 7) is 2.34. The number of methoxy groups -OCH3 is 1. The summed E-state index contributed by atoms with van der Waals surface area (Å²) < 4.78 is 17.2. The maximum Gasteiger partial charge on any atom is 0.337 e. The first-order chi connectivity index (χ1) is 16.4. The first kappa shape index (κ1) is 23.4. The molecule has 0 spiro atoms. The molecule has 0 bridgehead atoms. The maximum atomic E-state index is 13.3. The minimum atomic E-state index is -0.525. The second kappa shape index (κ2) is 10.0. The van der Waals surface area contributed by atoms with Gasteiger partial charge in [0.1, 0.15) is 17.3 Å². The number of aromatic nitrogens is 2. The average Bonchev–Trinajstić information content (AvgIpc) is 3.50. The van der Waals surface area contributed by atoms with Crippen LogP contribution in [-0.2, 0) is 22.6 Å². The van der Waals surface area contributed by atoms with Gasteiger partial charge in [-0.25, -0.2) is 9.78 Å².